The summed E-state index contributed by atoms with van der Waals surface area (Å²) in [6.45, 7) is 0. The van der Waals surface area contributed by atoms with Crippen LogP contribution in [0.4, 0.5) is 0 Å². The largest absolute Gasteiger partial charge is 0.259 e. The lowest BCUT2D eigenvalue weighted by Crippen LogP contribution is -2.33. The molecule has 0 spiro atoms. The van der Waals surface area contributed by atoms with Gasteiger partial charge in [-0.05, 0) is 12.5 Å². The van der Waals surface area contributed by atoms with Gasteiger partial charge in [0, 0.05) is 18.4 Å². The van der Waals surface area contributed by atoms with E-state index in [1.165, 1.54) is 0 Å². The maximum atomic E-state index is 11.4. The third-order valence-corrected chi connectivity index (χ3v) is 7.87. The summed E-state index contributed by atoms with van der Waals surface area (Å²) in [7, 11) is -7.62. The van der Waals surface area contributed by atoms with E-state index in [1.807, 2.05) is 0 Å². The van der Waals surface area contributed by atoms with Crippen LogP contribution in [0, 0.1) is 16.0 Å². The van der Waals surface area contributed by atoms with Gasteiger partial charge in [0.1, 0.15) is 0 Å². The van der Waals surface area contributed by atoms with Crippen LogP contribution < -0.4 is 0 Å². The van der Waals surface area contributed by atoms with Gasteiger partial charge in [0.15, 0.2) is 23.8 Å². The minimum absolute atomic E-state index is 0.116. The molecular formula is C7H11NO6S2. The fourth-order valence-corrected chi connectivity index (χ4v) is 6.19. The van der Waals surface area contributed by atoms with Crippen molar-refractivity contribution in [3.63, 3.8) is 0 Å². The summed E-state index contributed by atoms with van der Waals surface area (Å²) in [4.78, 5) is 9.31. The van der Waals surface area contributed by atoms with Crippen molar-refractivity contribution < 1.29 is 21.8 Å². The predicted octanol–water partition coefficient (Wildman–Crippen LogP) is -0.418. The fourth-order valence-electron chi connectivity index (χ4n) is 1.76. The number of nitro groups is 1. The number of hydrogen-bond acceptors (Lipinski definition) is 6. The van der Waals surface area contributed by atoms with Crippen molar-refractivity contribution in [3.05, 3.63) is 22.4 Å². The second kappa shape index (κ2) is 3.52. The van der Waals surface area contributed by atoms with Crippen LogP contribution in [0.25, 0.3) is 0 Å². The highest BCUT2D eigenvalue weighted by Crippen LogP contribution is 2.54. The molecule has 0 heterocycles. The van der Waals surface area contributed by atoms with Crippen molar-refractivity contribution in [2.45, 2.75) is 10.5 Å². The Kier molecular flexibility index (Phi) is 2.88. The Morgan fingerprint density at radius 1 is 1.25 bits per heavy atom. The van der Waals surface area contributed by atoms with E-state index in [1.54, 1.807) is 0 Å². The highest BCUT2D eigenvalue weighted by Gasteiger charge is 2.68. The summed E-state index contributed by atoms with van der Waals surface area (Å²) in [6.07, 6.45) is 3.13. The molecule has 0 saturated heterocycles. The lowest BCUT2D eigenvalue weighted by Gasteiger charge is -2.11. The number of nitrogens with zero attached hydrogens (tertiary/aromatic N) is 1. The Labute approximate surface area is 93.1 Å². The van der Waals surface area contributed by atoms with Gasteiger partial charge >= 0.3 is 0 Å². The van der Waals surface area contributed by atoms with Crippen molar-refractivity contribution >= 4 is 19.7 Å². The van der Waals surface area contributed by atoms with E-state index in [9.17, 15) is 26.9 Å². The van der Waals surface area contributed by atoms with Gasteiger partial charge in [0.05, 0.1) is 4.92 Å². The van der Waals surface area contributed by atoms with Gasteiger partial charge in [-0.3, -0.25) is 10.1 Å². The van der Waals surface area contributed by atoms with Gasteiger partial charge in [0.25, 0.3) is 0 Å². The van der Waals surface area contributed by atoms with Gasteiger partial charge in [0.2, 0.25) is 6.20 Å². The lowest BCUT2D eigenvalue weighted by atomic mass is 10.4. The summed E-state index contributed by atoms with van der Waals surface area (Å²) in [5, 5.41) is 10.1. The Balaban J connectivity index is 3.15. The zero-order valence-electron chi connectivity index (χ0n) is 8.65. The van der Waals surface area contributed by atoms with Crippen LogP contribution in [0.5, 0.6) is 0 Å². The molecule has 0 aromatic carbocycles. The fraction of sp³-hybridized carbons (Fsp3) is 0.714. The highest BCUT2D eigenvalue weighted by molar-refractivity contribution is 8.10. The van der Waals surface area contributed by atoms with Crippen LogP contribution in [-0.4, -0.2) is 38.3 Å². The van der Waals surface area contributed by atoms with E-state index in [0.29, 0.717) is 6.20 Å². The summed E-state index contributed by atoms with van der Waals surface area (Å²) in [5.74, 6) is -0.831. The first-order valence-electron chi connectivity index (χ1n) is 4.23. The Morgan fingerprint density at radius 2 is 1.69 bits per heavy atom. The van der Waals surface area contributed by atoms with E-state index in [4.69, 9.17) is 0 Å². The standard InChI is InChI=1S/C7H11NO6S2/c1-15(11,12)7(16(2,13)14)5-6(7)3-4-8(9)10/h3-4,6H,5H2,1-2H3/b4-3+. The molecule has 1 saturated carbocycles. The first-order valence-corrected chi connectivity index (χ1v) is 8.01. The van der Waals surface area contributed by atoms with Gasteiger partial charge < -0.3 is 0 Å². The molecular weight excluding hydrogens is 258 g/mol. The maximum absolute atomic E-state index is 11.4. The summed E-state index contributed by atoms with van der Waals surface area (Å²) in [6, 6.07) is 0. The van der Waals surface area contributed by atoms with Crippen LogP contribution in [0.2, 0.25) is 0 Å². The average molecular weight is 269 g/mol. The smallest absolute Gasteiger partial charge is 0.230 e. The monoisotopic (exact) mass is 269 g/mol. The van der Waals surface area contributed by atoms with Crippen molar-refractivity contribution in [2.75, 3.05) is 12.5 Å². The number of allylic oxidation sites excluding steroid dienone is 1. The van der Waals surface area contributed by atoms with Crippen molar-refractivity contribution in [1.82, 2.24) is 0 Å². The zero-order valence-corrected chi connectivity index (χ0v) is 10.3. The molecule has 0 amide bonds. The Morgan fingerprint density at radius 3 is 1.94 bits per heavy atom. The zero-order chi connectivity index (χ0) is 12.8. The van der Waals surface area contributed by atoms with Gasteiger partial charge in [-0.2, -0.15) is 0 Å². The molecule has 0 N–H and O–H groups in total. The number of hydrogen-bond donors (Lipinski definition) is 0. The van der Waals surface area contributed by atoms with Crippen LogP contribution in [0.3, 0.4) is 0 Å². The maximum Gasteiger partial charge on any atom is 0.230 e. The molecule has 1 atom stereocenters. The molecule has 7 nitrogen and oxygen atoms in total. The summed E-state index contributed by atoms with van der Waals surface area (Å²) >= 11 is 0. The van der Waals surface area contributed by atoms with Crippen molar-refractivity contribution in [2.24, 2.45) is 5.92 Å². The van der Waals surface area contributed by atoms with E-state index < -0.39 is 34.6 Å². The molecule has 1 aliphatic carbocycles. The molecule has 16 heavy (non-hydrogen) atoms. The molecule has 1 fully saturated rings. The number of sulfone groups is 2. The number of rotatable bonds is 4. The molecule has 0 bridgehead atoms. The first-order chi connectivity index (χ1) is 7.02. The first kappa shape index (κ1) is 13.1. The molecule has 0 aromatic heterocycles. The molecule has 9 heteroatoms. The molecule has 0 aromatic rings. The SMILES string of the molecule is CS(=O)(=O)C1(S(C)(=O)=O)CC1/C=C/[N+](=O)[O-]. The van der Waals surface area contributed by atoms with Crippen LogP contribution >= 0.6 is 0 Å². The van der Waals surface area contributed by atoms with Crippen LogP contribution in [-0.2, 0) is 19.7 Å². The third-order valence-electron chi connectivity index (χ3n) is 2.60. The van der Waals surface area contributed by atoms with E-state index in [0.717, 1.165) is 18.6 Å². The van der Waals surface area contributed by atoms with Crippen molar-refractivity contribution in [1.29, 1.82) is 0 Å². The average Bonchev–Trinajstić information content (AvgIpc) is 2.72. The molecule has 0 radical (unpaired) electrons. The molecule has 1 rings (SSSR count). The predicted molar refractivity (Wildman–Crippen MR) is 56.7 cm³/mol. The second-order valence-electron chi connectivity index (χ2n) is 3.79. The highest BCUT2D eigenvalue weighted by atomic mass is 32.3. The van der Waals surface area contributed by atoms with Crippen LogP contribution in [0.15, 0.2) is 12.3 Å². The minimum atomic E-state index is -3.81. The third kappa shape index (κ3) is 1.96. The minimum Gasteiger partial charge on any atom is -0.259 e. The summed E-state index contributed by atoms with van der Waals surface area (Å²) in [5.41, 5.74) is 0. The van der Waals surface area contributed by atoms with Gasteiger partial charge in [-0.15, -0.1) is 0 Å². The molecule has 1 aliphatic rings. The molecule has 92 valence electrons. The quantitative estimate of drug-likeness (QED) is 0.506. The van der Waals surface area contributed by atoms with Crippen molar-refractivity contribution in [3.8, 4) is 0 Å². The Bertz CT molecular complexity index is 511. The normalized spacial score (nSPS) is 24.5. The van der Waals surface area contributed by atoms with Gasteiger partial charge in [-0.25, -0.2) is 16.8 Å². The summed E-state index contributed by atoms with van der Waals surface area (Å²) < 4.78 is 43.9. The van der Waals surface area contributed by atoms with E-state index in [-0.39, 0.29) is 6.42 Å². The van der Waals surface area contributed by atoms with E-state index in [2.05, 4.69) is 0 Å². The Hall–Kier alpha value is -0.960. The van der Waals surface area contributed by atoms with Gasteiger partial charge in [-0.1, -0.05) is 0 Å². The lowest BCUT2D eigenvalue weighted by molar-refractivity contribution is -0.402. The molecule has 1 unspecified atom stereocenters. The van der Waals surface area contributed by atoms with Crippen LogP contribution in [0.1, 0.15) is 6.42 Å². The molecule has 0 aliphatic heterocycles. The van der Waals surface area contributed by atoms with E-state index >= 15 is 0 Å². The topological polar surface area (TPSA) is 111 Å². The second-order valence-corrected chi connectivity index (χ2v) is 8.60.